The van der Waals surface area contributed by atoms with Crippen LogP contribution in [0.15, 0.2) is 0 Å². The zero-order chi connectivity index (χ0) is 14.2. The zero-order valence-electron chi connectivity index (χ0n) is 12.3. The Balaban J connectivity index is 1.59. The summed E-state index contributed by atoms with van der Waals surface area (Å²) in [6, 6.07) is 0. The molecule has 1 unspecified atom stereocenters. The van der Waals surface area contributed by atoms with E-state index >= 15 is 0 Å². The molecule has 0 spiro atoms. The summed E-state index contributed by atoms with van der Waals surface area (Å²) in [4.78, 5) is 11.2. The highest BCUT2D eigenvalue weighted by atomic mass is 35.5. The van der Waals surface area contributed by atoms with Gasteiger partial charge in [-0.05, 0) is 68.1 Å². The number of hydrogen-bond acceptors (Lipinski definition) is 3. The van der Waals surface area contributed by atoms with Gasteiger partial charge in [-0.15, -0.1) is 11.6 Å². The molecule has 0 aromatic heterocycles. The van der Waals surface area contributed by atoms with Gasteiger partial charge in [0.1, 0.15) is 12.5 Å². The second-order valence-electron chi connectivity index (χ2n) is 7.30. The van der Waals surface area contributed by atoms with Crippen LogP contribution in [-0.4, -0.2) is 31.7 Å². The van der Waals surface area contributed by atoms with Gasteiger partial charge in [0.25, 0.3) is 0 Å². The largest absolute Gasteiger partial charge is 0.462 e. The Labute approximate surface area is 126 Å². The van der Waals surface area contributed by atoms with Gasteiger partial charge in [-0.1, -0.05) is 0 Å². The van der Waals surface area contributed by atoms with Crippen molar-refractivity contribution in [3.8, 4) is 0 Å². The summed E-state index contributed by atoms with van der Waals surface area (Å²) < 4.78 is 10.7. The van der Waals surface area contributed by atoms with Gasteiger partial charge in [0.15, 0.2) is 0 Å². The van der Waals surface area contributed by atoms with E-state index in [1.165, 1.54) is 38.5 Å². The first-order valence-electron chi connectivity index (χ1n) is 7.87. The van der Waals surface area contributed by atoms with E-state index in [0.29, 0.717) is 12.0 Å². The van der Waals surface area contributed by atoms with Gasteiger partial charge in [-0.3, -0.25) is 4.79 Å². The molecular formula is C16H25ClO3. The number of alkyl halides is 1. The van der Waals surface area contributed by atoms with Crippen LogP contribution < -0.4 is 0 Å². The van der Waals surface area contributed by atoms with Gasteiger partial charge >= 0.3 is 5.97 Å². The molecule has 0 aromatic rings. The van der Waals surface area contributed by atoms with Crippen LogP contribution in [0.2, 0.25) is 0 Å². The highest BCUT2D eigenvalue weighted by Gasteiger charge is 2.51. The first-order chi connectivity index (χ1) is 9.62. The molecule has 0 aromatic carbocycles. The van der Waals surface area contributed by atoms with Crippen LogP contribution in [0.1, 0.15) is 44.9 Å². The highest BCUT2D eigenvalue weighted by molar-refractivity contribution is 6.26. The van der Waals surface area contributed by atoms with Crippen molar-refractivity contribution in [2.24, 2.45) is 23.2 Å². The molecule has 4 aliphatic rings. The normalized spacial score (nSPS) is 39.8. The summed E-state index contributed by atoms with van der Waals surface area (Å²) in [5.74, 6) is 2.42. The number of carbonyl (C=O) groups excluding carboxylic acids is 1. The molecule has 0 N–H and O–H groups in total. The molecule has 4 bridgehead atoms. The Bertz CT molecular complexity index is 333. The molecule has 3 nitrogen and oxygen atoms in total. The molecule has 4 heteroatoms. The number of hydrogen-bond donors (Lipinski definition) is 0. The van der Waals surface area contributed by atoms with Crippen molar-refractivity contribution in [2.45, 2.75) is 51.0 Å². The van der Waals surface area contributed by atoms with E-state index in [4.69, 9.17) is 21.1 Å². The number of halogens is 1. The van der Waals surface area contributed by atoms with Gasteiger partial charge in [0.05, 0.1) is 6.10 Å². The summed E-state index contributed by atoms with van der Waals surface area (Å²) in [5, 5.41) is 0. The maximum Gasteiger partial charge on any atom is 0.320 e. The van der Waals surface area contributed by atoms with E-state index in [0.717, 1.165) is 24.2 Å². The van der Waals surface area contributed by atoms with E-state index in [-0.39, 0.29) is 18.0 Å². The van der Waals surface area contributed by atoms with Crippen LogP contribution in [-0.2, 0) is 14.3 Å². The number of carbonyl (C=O) groups is 1. The third-order valence-corrected chi connectivity index (χ3v) is 5.92. The fourth-order valence-electron chi connectivity index (χ4n) is 5.46. The molecule has 4 saturated carbocycles. The summed E-state index contributed by atoms with van der Waals surface area (Å²) in [6.45, 7) is 0.351. The van der Waals surface area contributed by atoms with Gasteiger partial charge in [0.2, 0.25) is 0 Å². The number of esters is 1. The van der Waals surface area contributed by atoms with Crippen LogP contribution >= 0.6 is 11.6 Å². The minimum Gasteiger partial charge on any atom is -0.462 e. The van der Waals surface area contributed by atoms with Gasteiger partial charge in [0, 0.05) is 7.11 Å². The molecule has 4 aliphatic carbocycles. The van der Waals surface area contributed by atoms with Crippen LogP contribution in [0.3, 0.4) is 0 Å². The van der Waals surface area contributed by atoms with E-state index in [9.17, 15) is 4.79 Å². The van der Waals surface area contributed by atoms with Crippen LogP contribution in [0.4, 0.5) is 0 Å². The van der Waals surface area contributed by atoms with Crippen molar-refractivity contribution in [1.29, 1.82) is 0 Å². The van der Waals surface area contributed by atoms with Crippen LogP contribution in [0, 0.1) is 23.2 Å². The monoisotopic (exact) mass is 300 g/mol. The zero-order valence-corrected chi connectivity index (χ0v) is 13.0. The average Bonchev–Trinajstić information content (AvgIpc) is 2.41. The fourth-order valence-corrected chi connectivity index (χ4v) is 5.53. The quantitative estimate of drug-likeness (QED) is 0.557. The molecule has 1 atom stereocenters. The molecule has 0 amide bonds. The first kappa shape index (κ1) is 14.6. The lowest BCUT2D eigenvalue weighted by Crippen LogP contribution is -2.48. The Morgan fingerprint density at radius 1 is 1.20 bits per heavy atom. The highest BCUT2D eigenvalue weighted by Crippen LogP contribution is 2.61. The molecular weight excluding hydrogens is 276 g/mol. The maximum absolute atomic E-state index is 11.2. The second kappa shape index (κ2) is 5.84. The Kier molecular flexibility index (Phi) is 4.28. The Morgan fingerprint density at radius 3 is 2.20 bits per heavy atom. The topological polar surface area (TPSA) is 35.5 Å². The molecule has 0 saturated heterocycles. The van der Waals surface area contributed by atoms with Gasteiger partial charge < -0.3 is 9.47 Å². The van der Waals surface area contributed by atoms with Crippen molar-refractivity contribution in [1.82, 2.24) is 0 Å². The minimum absolute atomic E-state index is 0.0263. The molecule has 20 heavy (non-hydrogen) atoms. The molecule has 0 aliphatic heterocycles. The SMILES string of the molecule is COC(COC(=O)CCl)CC12CC3CC(CC(C3)C1)C2. The third-order valence-electron chi connectivity index (χ3n) is 5.70. The Hall–Kier alpha value is -0.280. The lowest BCUT2D eigenvalue weighted by molar-refractivity contribution is -0.147. The van der Waals surface area contributed by atoms with E-state index in [1.54, 1.807) is 7.11 Å². The van der Waals surface area contributed by atoms with E-state index in [1.807, 2.05) is 0 Å². The average molecular weight is 301 g/mol. The minimum atomic E-state index is -0.348. The molecule has 4 fully saturated rings. The summed E-state index contributed by atoms with van der Waals surface area (Å²) in [7, 11) is 1.72. The van der Waals surface area contributed by atoms with Crippen LogP contribution in [0.5, 0.6) is 0 Å². The van der Waals surface area contributed by atoms with Crippen LogP contribution in [0.25, 0.3) is 0 Å². The maximum atomic E-state index is 11.2. The lowest BCUT2D eigenvalue weighted by Gasteiger charge is -2.57. The summed E-state index contributed by atoms with van der Waals surface area (Å²) in [6.07, 6.45) is 9.53. The van der Waals surface area contributed by atoms with Crippen molar-refractivity contribution in [3.63, 3.8) is 0 Å². The van der Waals surface area contributed by atoms with Gasteiger partial charge in [-0.2, -0.15) is 0 Å². The standard InChI is InChI=1S/C16H25ClO3/c1-19-14(10-20-15(18)9-17)8-16-5-11-2-12(6-16)4-13(3-11)7-16/h11-14H,2-10H2,1H3. The number of ether oxygens (including phenoxy) is 2. The van der Waals surface area contributed by atoms with Crippen molar-refractivity contribution < 1.29 is 14.3 Å². The Morgan fingerprint density at radius 2 is 1.75 bits per heavy atom. The van der Waals surface area contributed by atoms with Crippen molar-refractivity contribution in [3.05, 3.63) is 0 Å². The fraction of sp³-hybridized carbons (Fsp3) is 0.938. The molecule has 0 radical (unpaired) electrons. The predicted molar refractivity (Wildman–Crippen MR) is 77.7 cm³/mol. The summed E-state index contributed by atoms with van der Waals surface area (Å²) >= 11 is 5.46. The number of rotatable bonds is 6. The lowest BCUT2D eigenvalue weighted by atomic mass is 9.48. The van der Waals surface area contributed by atoms with Crippen molar-refractivity contribution in [2.75, 3.05) is 19.6 Å². The number of methoxy groups -OCH3 is 1. The third kappa shape index (κ3) is 2.99. The van der Waals surface area contributed by atoms with E-state index in [2.05, 4.69) is 0 Å². The smallest absolute Gasteiger partial charge is 0.320 e. The first-order valence-corrected chi connectivity index (χ1v) is 8.40. The van der Waals surface area contributed by atoms with Gasteiger partial charge in [-0.25, -0.2) is 0 Å². The molecule has 0 heterocycles. The van der Waals surface area contributed by atoms with E-state index < -0.39 is 0 Å². The second-order valence-corrected chi connectivity index (χ2v) is 7.56. The molecule has 114 valence electrons. The summed E-state index contributed by atoms with van der Waals surface area (Å²) in [5.41, 5.74) is 0.461. The predicted octanol–water partition coefficient (Wildman–Crippen LogP) is 3.39. The molecule has 4 rings (SSSR count). The van der Waals surface area contributed by atoms with Crippen molar-refractivity contribution >= 4 is 17.6 Å².